The Balaban J connectivity index is 1.31. The zero-order valence-electron chi connectivity index (χ0n) is 23.1. The van der Waals surface area contributed by atoms with Gasteiger partial charge in [0.2, 0.25) is 0 Å². The second-order valence-corrected chi connectivity index (χ2v) is 10.7. The molecule has 0 radical (unpaired) electrons. The van der Waals surface area contributed by atoms with E-state index >= 15 is 0 Å². The van der Waals surface area contributed by atoms with E-state index in [0.717, 1.165) is 30.9 Å². The summed E-state index contributed by atoms with van der Waals surface area (Å²) >= 11 is 0. The Hall–Kier alpha value is -3.98. The zero-order valence-corrected chi connectivity index (χ0v) is 23.1. The van der Waals surface area contributed by atoms with E-state index < -0.39 is 11.4 Å². The molecule has 2 heterocycles. The van der Waals surface area contributed by atoms with E-state index in [1.165, 1.54) is 18.3 Å². The van der Waals surface area contributed by atoms with Crippen LogP contribution in [0, 0.1) is 5.82 Å². The lowest BCUT2D eigenvalue weighted by Crippen LogP contribution is -2.54. The smallest absolute Gasteiger partial charge is 0.410 e. The van der Waals surface area contributed by atoms with Crippen LogP contribution in [0.3, 0.4) is 0 Å². The number of hydrogen-bond donors (Lipinski definition) is 0. The fourth-order valence-corrected chi connectivity index (χ4v) is 4.37. The number of amides is 2. The molecule has 2 aromatic carbocycles. The summed E-state index contributed by atoms with van der Waals surface area (Å²) in [5, 5.41) is 0. The summed E-state index contributed by atoms with van der Waals surface area (Å²) in [5.74, 6) is 0.111. The SMILES string of the molecule is C[C@H]1CN(Cc2ccc(N(C)C(=O)c3ccc(Oc4cccc(F)c4)cn3)cc2)CCN1C(=O)OC(C)(C)C. The van der Waals surface area contributed by atoms with Gasteiger partial charge in [0.05, 0.1) is 6.20 Å². The number of pyridine rings is 1. The third-order valence-corrected chi connectivity index (χ3v) is 6.36. The molecule has 2 amide bonds. The minimum atomic E-state index is -0.512. The Kier molecular flexibility index (Phi) is 8.50. The van der Waals surface area contributed by atoms with Crippen molar-refractivity contribution in [2.24, 2.45) is 0 Å². The average molecular weight is 535 g/mol. The highest BCUT2D eigenvalue weighted by Gasteiger charge is 2.30. The van der Waals surface area contributed by atoms with Gasteiger partial charge in [-0.05, 0) is 69.7 Å². The topological polar surface area (TPSA) is 75.2 Å². The molecule has 1 atom stereocenters. The number of ether oxygens (including phenoxy) is 2. The molecular weight excluding hydrogens is 499 g/mol. The van der Waals surface area contributed by atoms with Crippen molar-refractivity contribution in [3.05, 3.63) is 83.9 Å². The van der Waals surface area contributed by atoms with Crippen molar-refractivity contribution in [2.75, 3.05) is 31.6 Å². The van der Waals surface area contributed by atoms with Crippen molar-refractivity contribution in [1.29, 1.82) is 0 Å². The van der Waals surface area contributed by atoms with Crippen LogP contribution in [0.1, 0.15) is 43.7 Å². The van der Waals surface area contributed by atoms with Crippen molar-refractivity contribution >= 4 is 17.7 Å². The van der Waals surface area contributed by atoms with Crippen LogP contribution in [-0.2, 0) is 11.3 Å². The van der Waals surface area contributed by atoms with Crippen molar-refractivity contribution < 1.29 is 23.5 Å². The van der Waals surface area contributed by atoms with Crippen LogP contribution in [0.2, 0.25) is 0 Å². The number of anilines is 1. The van der Waals surface area contributed by atoms with Gasteiger partial charge in [-0.3, -0.25) is 9.69 Å². The maximum atomic E-state index is 13.4. The van der Waals surface area contributed by atoms with E-state index in [4.69, 9.17) is 9.47 Å². The molecule has 0 spiro atoms. The molecular formula is C30H35FN4O4. The zero-order chi connectivity index (χ0) is 28.2. The molecule has 4 rings (SSSR count). The van der Waals surface area contributed by atoms with Crippen molar-refractivity contribution in [2.45, 2.75) is 45.9 Å². The van der Waals surface area contributed by atoms with Crippen molar-refractivity contribution in [3.63, 3.8) is 0 Å². The van der Waals surface area contributed by atoms with Gasteiger partial charge in [0.15, 0.2) is 0 Å². The first kappa shape index (κ1) is 28.0. The van der Waals surface area contributed by atoms with Crippen LogP contribution in [-0.4, -0.2) is 65.1 Å². The lowest BCUT2D eigenvalue weighted by Gasteiger charge is -2.40. The predicted octanol–water partition coefficient (Wildman–Crippen LogP) is 5.73. The normalized spacial score (nSPS) is 16.1. The van der Waals surface area contributed by atoms with E-state index in [1.54, 1.807) is 41.1 Å². The molecule has 1 aromatic heterocycles. The van der Waals surface area contributed by atoms with Crippen LogP contribution in [0.5, 0.6) is 11.5 Å². The van der Waals surface area contributed by atoms with Crippen LogP contribution >= 0.6 is 0 Å². The maximum absolute atomic E-state index is 13.4. The average Bonchev–Trinajstić information content (AvgIpc) is 2.88. The molecule has 0 bridgehead atoms. The molecule has 8 nitrogen and oxygen atoms in total. The Bertz CT molecular complexity index is 1290. The lowest BCUT2D eigenvalue weighted by atomic mass is 10.1. The van der Waals surface area contributed by atoms with Crippen LogP contribution in [0.25, 0.3) is 0 Å². The third kappa shape index (κ3) is 7.54. The van der Waals surface area contributed by atoms with Crippen LogP contribution in [0.15, 0.2) is 66.9 Å². The minimum absolute atomic E-state index is 0.0507. The highest BCUT2D eigenvalue weighted by Crippen LogP contribution is 2.23. The number of benzene rings is 2. The minimum Gasteiger partial charge on any atom is -0.456 e. The summed E-state index contributed by atoms with van der Waals surface area (Å²) in [6, 6.07) is 16.9. The van der Waals surface area contributed by atoms with E-state index in [1.807, 2.05) is 52.0 Å². The first-order valence-corrected chi connectivity index (χ1v) is 13.0. The third-order valence-electron chi connectivity index (χ3n) is 6.36. The number of carbonyl (C=O) groups is 2. The molecule has 3 aromatic rings. The quantitative estimate of drug-likeness (QED) is 0.402. The van der Waals surface area contributed by atoms with Gasteiger partial charge >= 0.3 is 6.09 Å². The van der Waals surface area contributed by atoms with Crippen molar-refractivity contribution in [3.8, 4) is 11.5 Å². The first-order valence-electron chi connectivity index (χ1n) is 13.0. The summed E-state index contributed by atoms with van der Waals surface area (Å²) in [6.07, 6.45) is 1.17. The highest BCUT2D eigenvalue weighted by atomic mass is 19.1. The second kappa shape index (κ2) is 11.8. The molecule has 1 fully saturated rings. The van der Waals surface area contributed by atoms with Gasteiger partial charge < -0.3 is 19.3 Å². The van der Waals surface area contributed by atoms with Gasteiger partial charge in [-0.25, -0.2) is 14.2 Å². The molecule has 1 saturated heterocycles. The van der Waals surface area contributed by atoms with Crippen LogP contribution in [0.4, 0.5) is 14.9 Å². The molecule has 0 saturated carbocycles. The van der Waals surface area contributed by atoms with Gasteiger partial charge in [0, 0.05) is 51.0 Å². The van der Waals surface area contributed by atoms with Gasteiger partial charge in [-0.15, -0.1) is 0 Å². The Morgan fingerprint density at radius 3 is 2.41 bits per heavy atom. The van der Waals surface area contributed by atoms with E-state index in [9.17, 15) is 14.0 Å². The Labute approximate surface area is 228 Å². The molecule has 0 unspecified atom stereocenters. The van der Waals surface area contributed by atoms with E-state index in [2.05, 4.69) is 9.88 Å². The number of halogens is 1. The molecule has 1 aliphatic rings. The summed E-state index contributed by atoms with van der Waals surface area (Å²) in [6.45, 7) is 10.5. The first-order chi connectivity index (χ1) is 18.5. The lowest BCUT2D eigenvalue weighted by molar-refractivity contribution is 0.000550. The molecule has 0 aliphatic carbocycles. The number of carbonyl (C=O) groups excluding carboxylic acids is 2. The summed E-state index contributed by atoms with van der Waals surface area (Å²) in [7, 11) is 1.70. The van der Waals surface area contributed by atoms with Gasteiger partial charge in [0.25, 0.3) is 5.91 Å². The summed E-state index contributed by atoms with van der Waals surface area (Å²) in [4.78, 5) is 35.3. The number of piperazine rings is 1. The Morgan fingerprint density at radius 1 is 1.05 bits per heavy atom. The fourth-order valence-electron chi connectivity index (χ4n) is 4.37. The maximum Gasteiger partial charge on any atom is 0.410 e. The largest absolute Gasteiger partial charge is 0.456 e. The van der Waals surface area contributed by atoms with Gasteiger partial charge in [-0.2, -0.15) is 0 Å². The molecule has 206 valence electrons. The summed E-state index contributed by atoms with van der Waals surface area (Å²) < 4.78 is 24.5. The molecule has 9 heteroatoms. The van der Waals surface area contributed by atoms with E-state index in [-0.39, 0.29) is 23.7 Å². The second-order valence-electron chi connectivity index (χ2n) is 10.7. The monoisotopic (exact) mass is 534 g/mol. The fraction of sp³-hybridized carbons (Fsp3) is 0.367. The van der Waals surface area contributed by atoms with Crippen molar-refractivity contribution in [1.82, 2.24) is 14.8 Å². The van der Waals surface area contributed by atoms with Gasteiger partial charge in [0.1, 0.15) is 28.6 Å². The predicted molar refractivity (Wildman–Crippen MR) is 148 cm³/mol. The highest BCUT2D eigenvalue weighted by molar-refractivity contribution is 6.04. The number of nitrogens with zero attached hydrogens (tertiary/aromatic N) is 4. The van der Waals surface area contributed by atoms with Crippen LogP contribution < -0.4 is 9.64 Å². The standard InChI is InChI=1S/C30H35FN4O4/c1-21-19-34(15-16-35(21)29(37)39-30(2,3)4)20-22-9-11-24(12-10-22)33(5)28(36)27-14-13-26(18-32-27)38-25-8-6-7-23(31)17-25/h6-14,17-18,21H,15-16,19-20H2,1-5H3/t21-/m0/s1. The Morgan fingerprint density at radius 2 is 1.79 bits per heavy atom. The molecule has 39 heavy (non-hydrogen) atoms. The van der Waals surface area contributed by atoms with Gasteiger partial charge in [-0.1, -0.05) is 18.2 Å². The van der Waals surface area contributed by atoms with E-state index in [0.29, 0.717) is 18.0 Å². The number of aromatic nitrogens is 1. The number of hydrogen-bond acceptors (Lipinski definition) is 6. The molecule has 0 N–H and O–H groups in total. The number of rotatable bonds is 6. The molecule has 1 aliphatic heterocycles. The summed E-state index contributed by atoms with van der Waals surface area (Å²) in [5.41, 5.74) is 1.62.